The molecule has 1 aromatic heterocycles. The molecule has 4 aliphatic heterocycles. The van der Waals surface area contributed by atoms with Crippen molar-refractivity contribution >= 4 is 34.7 Å². The predicted molar refractivity (Wildman–Crippen MR) is 126 cm³/mol. The molecule has 10 nitrogen and oxygen atoms in total. The van der Waals surface area contributed by atoms with Crippen molar-refractivity contribution in [2.24, 2.45) is 10.4 Å². The Morgan fingerprint density at radius 3 is 2.89 bits per heavy atom. The van der Waals surface area contributed by atoms with Gasteiger partial charge >= 0.3 is 0 Å². The maximum atomic E-state index is 16.1. The van der Waals surface area contributed by atoms with E-state index in [9.17, 15) is 9.59 Å². The van der Waals surface area contributed by atoms with E-state index in [-0.39, 0.29) is 47.4 Å². The summed E-state index contributed by atoms with van der Waals surface area (Å²) in [5, 5.41) is 7.67. The minimum absolute atomic E-state index is 0.0341. The lowest BCUT2D eigenvalue weighted by Gasteiger charge is -2.56. The molecule has 1 aromatic carbocycles. The largest absolute Gasteiger partial charge is 0.372 e. The first-order valence-electron chi connectivity index (χ1n) is 12.1. The molecule has 6 rings (SSSR count). The number of carbonyl (C=O) groups is 2. The van der Waals surface area contributed by atoms with Crippen molar-refractivity contribution in [3.05, 3.63) is 23.1 Å². The van der Waals surface area contributed by atoms with Gasteiger partial charge in [-0.25, -0.2) is 4.39 Å². The number of rotatable bonds is 1. The van der Waals surface area contributed by atoms with Gasteiger partial charge in [0.05, 0.1) is 36.0 Å². The Bertz CT molecular complexity index is 1250. The number of anilines is 1. The highest BCUT2D eigenvalue weighted by molar-refractivity contribution is 6.06. The Balaban J connectivity index is 1.46. The van der Waals surface area contributed by atoms with Gasteiger partial charge in [-0.05, 0) is 31.9 Å². The zero-order chi connectivity index (χ0) is 24.5. The molecule has 0 bridgehead atoms. The zero-order valence-electron chi connectivity index (χ0n) is 20.1. The summed E-state index contributed by atoms with van der Waals surface area (Å²) in [5.74, 6) is -1.09. The van der Waals surface area contributed by atoms with Crippen LogP contribution in [0, 0.1) is 11.2 Å². The molecule has 1 N–H and O–H groups in total. The van der Waals surface area contributed by atoms with E-state index in [4.69, 9.17) is 9.26 Å². The van der Waals surface area contributed by atoms with Crippen LogP contribution < -0.4 is 10.2 Å². The number of hydrogen-bond donors (Lipinski definition) is 1. The minimum Gasteiger partial charge on any atom is -0.372 e. The lowest BCUT2D eigenvalue weighted by atomic mass is 9.68. The summed E-state index contributed by atoms with van der Waals surface area (Å²) in [5.41, 5.74) is 0.892. The van der Waals surface area contributed by atoms with Crippen molar-refractivity contribution in [3.63, 3.8) is 0 Å². The van der Waals surface area contributed by atoms with Crippen LogP contribution in [0.25, 0.3) is 11.0 Å². The van der Waals surface area contributed by atoms with E-state index in [1.54, 1.807) is 11.9 Å². The van der Waals surface area contributed by atoms with Crippen molar-refractivity contribution in [2.75, 3.05) is 51.3 Å². The van der Waals surface area contributed by atoms with Gasteiger partial charge in [0.25, 0.3) is 5.91 Å². The number of aliphatic imine (C=N–C) groups is 1. The molecule has 0 saturated carbocycles. The molecule has 11 heteroatoms. The molecule has 186 valence electrons. The van der Waals surface area contributed by atoms with Crippen LogP contribution in [0.1, 0.15) is 29.9 Å². The van der Waals surface area contributed by atoms with Gasteiger partial charge in [-0.2, -0.15) is 0 Å². The van der Waals surface area contributed by atoms with Crippen LogP contribution in [0.5, 0.6) is 0 Å². The molecule has 1 unspecified atom stereocenters. The van der Waals surface area contributed by atoms with Gasteiger partial charge in [0.15, 0.2) is 11.5 Å². The summed E-state index contributed by atoms with van der Waals surface area (Å²) in [6.07, 6.45) is 2.34. The first kappa shape index (κ1) is 22.4. The van der Waals surface area contributed by atoms with Crippen molar-refractivity contribution in [1.29, 1.82) is 0 Å². The number of piperazine rings is 1. The molecule has 4 aliphatic rings. The second-order valence-electron chi connectivity index (χ2n) is 10.2. The summed E-state index contributed by atoms with van der Waals surface area (Å²) in [4.78, 5) is 35.1. The number of morpholine rings is 1. The van der Waals surface area contributed by atoms with Gasteiger partial charge < -0.3 is 24.0 Å². The van der Waals surface area contributed by atoms with Gasteiger partial charge in [0.1, 0.15) is 6.54 Å². The highest BCUT2D eigenvalue weighted by atomic mass is 19.1. The topological polar surface area (TPSA) is 104 Å². The number of fused-ring (bicyclic) bond motifs is 5. The minimum atomic E-state index is -0.514. The standard InChI is InChI=1S/C24H29FN6O4/c1-13-8-31-20-15(7-24(10-26-12-27-11-24)22(31)14(2)34-13)6-16-19(28-35-21(16)18(20)25)23(33)30-5-4-29(3)17(32)9-30/h6,10,13-14,22,27H,4-5,7-9,11-12H2,1-3H3/t13-,14+,22-,24?/m1/s1. The second-order valence-corrected chi connectivity index (χ2v) is 10.2. The fourth-order valence-corrected chi connectivity index (χ4v) is 6.27. The molecular weight excluding hydrogens is 455 g/mol. The number of ether oxygens (including phenoxy) is 1. The summed E-state index contributed by atoms with van der Waals surface area (Å²) in [6.45, 7) is 6.58. The highest BCUT2D eigenvalue weighted by Gasteiger charge is 2.52. The molecule has 2 aromatic rings. The van der Waals surface area contributed by atoms with E-state index in [1.807, 2.05) is 26.1 Å². The Hall–Kier alpha value is -3.05. The van der Waals surface area contributed by atoms with Crippen molar-refractivity contribution in [1.82, 2.24) is 20.3 Å². The number of nitrogens with zero attached hydrogens (tertiary/aromatic N) is 5. The van der Waals surface area contributed by atoms with Crippen LogP contribution in [0.3, 0.4) is 0 Å². The summed E-state index contributed by atoms with van der Waals surface area (Å²) in [6, 6.07) is 1.73. The van der Waals surface area contributed by atoms with Gasteiger partial charge in [-0.3, -0.25) is 19.9 Å². The normalized spacial score (nSPS) is 30.7. The lowest BCUT2D eigenvalue weighted by Crippen LogP contribution is -2.67. The first-order valence-corrected chi connectivity index (χ1v) is 12.1. The third-order valence-corrected chi connectivity index (χ3v) is 7.79. The number of aromatic nitrogens is 1. The van der Waals surface area contributed by atoms with E-state index in [0.717, 1.165) is 5.56 Å². The van der Waals surface area contributed by atoms with Crippen LogP contribution in [0.15, 0.2) is 15.6 Å². The third-order valence-electron chi connectivity index (χ3n) is 7.79. The van der Waals surface area contributed by atoms with E-state index in [1.165, 1.54) is 4.90 Å². The van der Waals surface area contributed by atoms with E-state index >= 15 is 4.39 Å². The number of nitrogens with one attached hydrogen (secondary N) is 1. The first-order chi connectivity index (χ1) is 16.8. The zero-order valence-corrected chi connectivity index (χ0v) is 20.1. The Morgan fingerprint density at radius 2 is 2.14 bits per heavy atom. The predicted octanol–water partition coefficient (Wildman–Crippen LogP) is 1.04. The van der Waals surface area contributed by atoms with Crippen LogP contribution in [0.2, 0.25) is 0 Å². The Labute approximate surface area is 202 Å². The van der Waals surface area contributed by atoms with Gasteiger partial charge in [0.2, 0.25) is 11.5 Å². The molecule has 0 aliphatic carbocycles. The Morgan fingerprint density at radius 1 is 1.31 bits per heavy atom. The molecule has 2 amide bonds. The lowest BCUT2D eigenvalue weighted by molar-refractivity contribution is -0.133. The molecule has 0 radical (unpaired) electrons. The van der Waals surface area contributed by atoms with E-state index in [0.29, 0.717) is 50.3 Å². The number of benzene rings is 1. The average Bonchev–Trinajstić information content (AvgIpc) is 3.24. The number of amides is 2. The molecule has 1 spiro atoms. The fraction of sp³-hybridized carbons (Fsp3) is 0.583. The highest BCUT2D eigenvalue weighted by Crippen LogP contribution is 2.48. The maximum Gasteiger partial charge on any atom is 0.277 e. The molecule has 35 heavy (non-hydrogen) atoms. The molecule has 4 atom stereocenters. The average molecular weight is 485 g/mol. The Kier molecular flexibility index (Phi) is 5.12. The van der Waals surface area contributed by atoms with Crippen molar-refractivity contribution < 1.29 is 23.2 Å². The van der Waals surface area contributed by atoms with E-state index in [2.05, 4.69) is 20.4 Å². The van der Waals surface area contributed by atoms with Gasteiger partial charge in [-0.15, -0.1) is 0 Å². The SMILES string of the molecule is C[C@@H]1CN2c3c(cc4c(C(=O)N5CCN(C)C(=O)C5)noc4c3F)CC3(C=NCNC3)[C@H]2[C@H](C)O1. The van der Waals surface area contributed by atoms with Crippen LogP contribution in [-0.2, 0) is 16.0 Å². The van der Waals surface area contributed by atoms with Gasteiger partial charge in [0, 0.05) is 44.9 Å². The quantitative estimate of drug-likeness (QED) is 0.645. The monoisotopic (exact) mass is 484 g/mol. The smallest absolute Gasteiger partial charge is 0.277 e. The molecule has 2 saturated heterocycles. The molecule has 2 fully saturated rings. The molecular formula is C24H29FN6O4. The fourth-order valence-electron chi connectivity index (χ4n) is 6.27. The van der Waals surface area contributed by atoms with Crippen LogP contribution >= 0.6 is 0 Å². The second kappa shape index (κ2) is 7.99. The van der Waals surface area contributed by atoms with E-state index < -0.39 is 11.7 Å². The van der Waals surface area contributed by atoms with Crippen LogP contribution in [0.4, 0.5) is 10.1 Å². The summed E-state index contributed by atoms with van der Waals surface area (Å²) >= 11 is 0. The van der Waals surface area contributed by atoms with Gasteiger partial charge in [-0.1, -0.05) is 5.16 Å². The van der Waals surface area contributed by atoms with Crippen molar-refractivity contribution in [2.45, 2.75) is 38.5 Å². The number of likely N-dealkylation sites (N-methyl/N-ethyl adjacent to an activating group) is 1. The third kappa shape index (κ3) is 3.35. The summed E-state index contributed by atoms with van der Waals surface area (Å²) < 4.78 is 27.7. The van der Waals surface area contributed by atoms with Crippen LogP contribution in [-0.4, -0.2) is 97.7 Å². The molecule has 5 heterocycles. The maximum absolute atomic E-state index is 16.1. The number of hydrogen-bond acceptors (Lipinski definition) is 8. The number of halogens is 1. The number of carbonyl (C=O) groups excluding carboxylic acids is 2. The summed E-state index contributed by atoms with van der Waals surface area (Å²) in [7, 11) is 1.71. The van der Waals surface area contributed by atoms with Crippen molar-refractivity contribution in [3.8, 4) is 0 Å².